The molecule has 3 aromatic carbocycles. The molecule has 156 valence electrons. The van der Waals surface area contributed by atoms with Crippen molar-refractivity contribution < 1.29 is 13.9 Å². The third-order valence-corrected chi connectivity index (χ3v) is 5.19. The zero-order chi connectivity index (χ0) is 21.6. The Kier molecular flexibility index (Phi) is 6.43. The minimum Gasteiger partial charge on any atom is -0.488 e. The number of rotatable bonds is 7. The van der Waals surface area contributed by atoms with E-state index in [4.69, 9.17) is 4.74 Å². The molecule has 4 rings (SSSR count). The van der Waals surface area contributed by atoms with Gasteiger partial charge in [-0.05, 0) is 47.5 Å². The van der Waals surface area contributed by atoms with Crippen LogP contribution < -0.4 is 10.2 Å². The van der Waals surface area contributed by atoms with Crippen LogP contribution in [0.15, 0.2) is 82.5 Å². The smallest absolute Gasteiger partial charge is 0.244 e. The lowest BCUT2D eigenvalue weighted by molar-refractivity contribution is -0.120. The van der Waals surface area contributed by atoms with E-state index in [0.717, 1.165) is 26.5 Å². The SMILES string of the molecule is O=C(Cc1c[nH]c2ccccc12)N/N=C\c1cc(Br)ccc1OCc1ccc(F)cc1. The number of hydrazone groups is 1. The number of fused-ring (bicyclic) bond motifs is 1. The summed E-state index contributed by atoms with van der Waals surface area (Å²) in [7, 11) is 0. The van der Waals surface area contributed by atoms with Gasteiger partial charge >= 0.3 is 0 Å². The highest BCUT2D eigenvalue weighted by atomic mass is 79.9. The van der Waals surface area contributed by atoms with Crippen molar-refractivity contribution in [2.45, 2.75) is 13.0 Å². The van der Waals surface area contributed by atoms with E-state index < -0.39 is 0 Å². The molecule has 7 heteroatoms. The van der Waals surface area contributed by atoms with Crippen LogP contribution in [0.3, 0.4) is 0 Å². The molecule has 0 atom stereocenters. The van der Waals surface area contributed by atoms with E-state index in [2.05, 4.69) is 31.4 Å². The summed E-state index contributed by atoms with van der Waals surface area (Å²) in [4.78, 5) is 15.5. The molecule has 0 bridgehead atoms. The molecular formula is C24H19BrFN3O2. The summed E-state index contributed by atoms with van der Waals surface area (Å²) in [5.41, 5.74) is 6.01. The number of ether oxygens (including phenoxy) is 1. The molecule has 0 saturated heterocycles. The van der Waals surface area contributed by atoms with Crippen molar-refractivity contribution in [2.24, 2.45) is 5.10 Å². The molecule has 31 heavy (non-hydrogen) atoms. The zero-order valence-electron chi connectivity index (χ0n) is 16.4. The van der Waals surface area contributed by atoms with Crippen LogP contribution in [0.1, 0.15) is 16.7 Å². The van der Waals surface area contributed by atoms with Crippen LogP contribution in [0.5, 0.6) is 5.75 Å². The molecule has 1 heterocycles. The van der Waals surface area contributed by atoms with E-state index in [9.17, 15) is 9.18 Å². The molecule has 2 N–H and O–H groups in total. The van der Waals surface area contributed by atoms with Crippen molar-refractivity contribution in [1.82, 2.24) is 10.4 Å². The van der Waals surface area contributed by atoms with Crippen molar-refractivity contribution in [1.29, 1.82) is 0 Å². The fraction of sp³-hybridized carbons (Fsp3) is 0.0833. The normalized spacial score (nSPS) is 11.2. The van der Waals surface area contributed by atoms with Gasteiger partial charge in [-0.15, -0.1) is 0 Å². The van der Waals surface area contributed by atoms with Crippen molar-refractivity contribution in [3.63, 3.8) is 0 Å². The van der Waals surface area contributed by atoms with E-state index in [1.807, 2.05) is 48.7 Å². The monoisotopic (exact) mass is 479 g/mol. The number of nitrogens with zero attached hydrogens (tertiary/aromatic N) is 1. The first-order valence-electron chi connectivity index (χ1n) is 9.62. The van der Waals surface area contributed by atoms with Gasteiger partial charge in [0.2, 0.25) is 5.91 Å². The molecule has 4 aromatic rings. The number of hydrogen-bond donors (Lipinski definition) is 2. The molecule has 0 spiro atoms. The average Bonchev–Trinajstić information content (AvgIpc) is 3.17. The first kappa shape index (κ1) is 20.8. The lowest BCUT2D eigenvalue weighted by Crippen LogP contribution is -2.19. The number of para-hydroxylation sites is 1. The highest BCUT2D eigenvalue weighted by Crippen LogP contribution is 2.23. The summed E-state index contributed by atoms with van der Waals surface area (Å²) in [6.07, 6.45) is 3.59. The second kappa shape index (κ2) is 9.57. The Labute approximate surface area is 187 Å². The van der Waals surface area contributed by atoms with Gasteiger partial charge in [0, 0.05) is 27.1 Å². The number of carbonyl (C=O) groups is 1. The molecule has 0 aliphatic rings. The molecule has 1 aromatic heterocycles. The summed E-state index contributed by atoms with van der Waals surface area (Å²) in [5, 5.41) is 5.10. The minimum atomic E-state index is -0.288. The van der Waals surface area contributed by atoms with Gasteiger partial charge in [0.1, 0.15) is 18.2 Å². The van der Waals surface area contributed by atoms with Crippen LogP contribution in [-0.2, 0) is 17.8 Å². The Morgan fingerprint density at radius 2 is 1.94 bits per heavy atom. The second-order valence-corrected chi connectivity index (χ2v) is 7.84. The van der Waals surface area contributed by atoms with Gasteiger partial charge in [0.05, 0.1) is 12.6 Å². The number of benzene rings is 3. The van der Waals surface area contributed by atoms with Crippen LogP contribution >= 0.6 is 15.9 Å². The van der Waals surface area contributed by atoms with Crippen molar-refractivity contribution in [3.05, 3.63) is 99.9 Å². The Balaban J connectivity index is 1.40. The lowest BCUT2D eigenvalue weighted by Gasteiger charge is -2.10. The third kappa shape index (κ3) is 5.38. The maximum Gasteiger partial charge on any atom is 0.244 e. The Hall–Kier alpha value is -3.45. The van der Waals surface area contributed by atoms with Crippen LogP contribution in [0.25, 0.3) is 10.9 Å². The zero-order valence-corrected chi connectivity index (χ0v) is 18.0. The summed E-state index contributed by atoms with van der Waals surface area (Å²) in [6.45, 7) is 0.287. The number of aromatic amines is 1. The van der Waals surface area contributed by atoms with Crippen LogP contribution in [-0.4, -0.2) is 17.1 Å². The molecule has 0 unspecified atom stereocenters. The van der Waals surface area contributed by atoms with Gasteiger partial charge in [-0.3, -0.25) is 4.79 Å². The first-order chi connectivity index (χ1) is 15.1. The summed E-state index contributed by atoms with van der Waals surface area (Å²) < 4.78 is 19.8. The maximum absolute atomic E-state index is 13.1. The topological polar surface area (TPSA) is 66.5 Å². The van der Waals surface area contributed by atoms with E-state index >= 15 is 0 Å². The predicted molar refractivity (Wildman–Crippen MR) is 123 cm³/mol. The number of hydrogen-bond acceptors (Lipinski definition) is 3. The highest BCUT2D eigenvalue weighted by Gasteiger charge is 2.08. The van der Waals surface area contributed by atoms with E-state index in [1.54, 1.807) is 12.1 Å². The van der Waals surface area contributed by atoms with Crippen LogP contribution in [0.2, 0.25) is 0 Å². The van der Waals surface area contributed by atoms with Crippen LogP contribution in [0, 0.1) is 5.82 Å². The Bertz CT molecular complexity index is 1240. The van der Waals surface area contributed by atoms with Crippen LogP contribution in [0.4, 0.5) is 4.39 Å². The Morgan fingerprint density at radius 3 is 2.77 bits per heavy atom. The van der Waals surface area contributed by atoms with Crippen molar-refractivity contribution in [3.8, 4) is 5.75 Å². The van der Waals surface area contributed by atoms with Gasteiger partial charge in [-0.25, -0.2) is 9.82 Å². The number of halogens is 2. The number of H-pyrrole nitrogens is 1. The third-order valence-electron chi connectivity index (χ3n) is 4.70. The molecular weight excluding hydrogens is 461 g/mol. The molecule has 1 amide bonds. The van der Waals surface area contributed by atoms with E-state index in [-0.39, 0.29) is 24.8 Å². The molecule has 0 aliphatic carbocycles. The Morgan fingerprint density at radius 1 is 1.13 bits per heavy atom. The highest BCUT2D eigenvalue weighted by molar-refractivity contribution is 9.10. The number of carbonyl (C=O) groups excluding carboxylic acids is 1. The molecule has 0 fully saturated rings. The van der Waals surface area contributed by atoms with Crippen molar-refractivity contribution >= 4 is 39.0 Å². The standard InChI is InChI=1S/C24H19BrFN3O2/c25-19-7-10-23(31-15-16-5-8-20(26)9-6-16)18(11-19)14-28-29-24(30)12-17-13-27-22-4-2-1-3-21(17)22/h1-11,13-14,27H,12,15H2,(H,29,30)/b28-14-. The quantitative estimate of drug-likeness (QED) is 0.277. The number of nitrogens with one attached hydrogen (secondary N) is 2. The minimum absolute atomic E-state index is 0.216. The number of amides is 1. The molecule has 5 nitrogen and oxygen atoms in total. The van der Waals surface area contributed by atoms with E-state index in [0.29, 0.717) is 11.3 Å². The van der Waals surface area contributed by atoms with Gasteiger partial charge < -0.3 is 9.72 Å². The maximum atomic E-state index is 13.1. The average molecular weight is 480 g/mol. The fourth-order valence-electron chi connectivity index (χ4n) is 3.16. The summed E-state index contributed by atoms with van der Waals surface area (Å²) in [6, 6.07) is 19.5. The van der Waals surface area contributed by atoms with Gasteiger partial charge in [-0.2, -0.15) is 5.10 Å². The van der Waals surface area contributed by atoms with Gasteiger partial charge in [0.25, 0.3) is 0 Å². The predicted octanol–water partition coefficient (Wildman–Crippen LogP) is 5.34. The summed E-state index contributed by atoms with van der Waals surface area (Å²) >= 11 is 3.43. The molecule has 0 radical (unpaired) electrons. The first-order valence-corrected chi connectivity index (χ1v) is 10.4. The number of aromatic nitrogens is 1. The van der Waals surface area contributed by atoms with Gasteiger partial charge in [0.15, 0.2) is 0 Å². The molecule has 0 saturated carbocycles. The van der Waals surface area contributed by atoms with E-state index in [1.165, 1.54) is 18.3 Å². The lowest BCUT2D eigenvalue weighted by atomic mass is 10.1. The second-order valence-electron chi connectivity index (χ2n) is 6.93. The van der Waals surface area contributed by atoms with Crippen molar-refractivity contribution in [2.75, 3.05) is 0 Å². The fourth-order valence-corrected chi connectivity index (χ4v) is 3.54. The molecule has 0 aliphatic heterocycles. The largest absolute Gasteiger partial charge is 0.488 e. The summed E-state index contributed by atoms with van der Waals surface area (Å²) in [5.74, 6) is 0.0931. The van der Waals surface area contributed by atoms with Gasteiger partial charge in [-0.1, -0.05) is 46.3 Å².